The standard InChI is InChI=1S/C18H21N3O3S/c1-10-8-12(9-23-3)14-15(19)16(25-18(14)21-10)17(22)20-7-6-13-5-4-11(2)24-13/h4-5,8H,6-7,9,19H2,1-3H3,(H,20,22). The highest BCUT2D eigenvalue weighted by Crippen LogP contribution is 2.35. The number of ether oxygens (including phenoxy) is 1. The van der Waals surface area contributed by atoms with Gasteiger partial charge < -0.3 is 20.2 Å². The van der Waals surface area contributed by atoms with Crippen LogP contribution in [0.1, 0.15) is 32.4 Å². The summed E-state index contributed by atoms with van der Waals surface area (Å²) in [5, 5.41) is 3.71. The fourth-order valence-corrected chi connectivity index (χ4v) is 3.88. The number of carbonyl (C=O) groups is 1. The van der Waals surface area contributed by atoms with E-state index in [4.69, 9.17) is 14.9 Å². The number of pyridine rings is 1. The molecular formula is C18H21N3O3S. The van der Waals surface area contributed by atoms with Gasteiger partial charge in [-0.25, -0.2) is 4.98 Å². The van der Waals surface area contributed by atoms with Crippen molar-refractivity contribution < 1.29 is 13.9 Å². The lowest BCUT2D eigenvalue weighted by Crippen LogP contribution is -2.25. The molecule has 0 saturated carbocycles. The Kier molecular flexibility index (Phi) is 5.06. The summed E-state index contributed by atoms with van der Waals surface area (Å²) in [6.45, 7) is 4.72. The number of carbonyl (C=O) groups excluding carboxylic acids is 1. The van der Waals surface area contributed by atoms with Gasteiger partial charge in [-0.15, -0.1) is 11.3 Å². The van der Waals surface area contributed by atoms with Gasteiger partial charge in [-0.1, -0.05) is 0 Å². The first-order valence-electron chi connectivity index (χ1n) is 8.00. The third kappa shape index (κ3) is 3.67. The molecule has 3 aromatic heterocycles. The molecule has 0 aromatic carbocycles. The molecule has 3 N–H and O–H groups in total. The van der Waals surface area contributed by atoms with Crippen molar-refractivity contribution in [3.8, 4) is 0 Å². The van der Waals surface area contributed by atoms with E-state index >= 15 is 0 Å². The fraction of sp³-hybridized carbons (Fsp3) is 0.333. The largest absolute Gasteiger partial charge is 0.466 e. The number of furan rings is 1. The second-order valence-corrected chi connectivity index (χ2v) is 6.90. The van der Waals surface area contributed by atoms with Gasteiger partial charge >= 0.3 is 0 Å². The minimum atomic E-state index is -0.190. The lowest BCUT2D eigenvalue weighted by atomic mass is 10.1. The van der Waals surface area contributed by atoms with Crippen molar-refractivity contribution in [3.63, 3.8) is 0 Å². The molecule has 3 heterocycles. The monoisotopic (exact) mass is 359 g/mol. The Balaban J connectivity index is 1.79. The van der Waals surface area contributed by atoms with Crippen molar-refractivity contribution >= 4 is 33.1 Å². The van der Waals surface area contributed by atoms with Gasteiger partial charge in [0, 0.05) is 31.2 Å². The van der Waals surface area contributed by atoms with Crippen molar-refractivity contribution in [2.24, 2.45) is 0 Å². The van der Waals surface area contributed by atoms with Gasteiger partial charge in [0.2, 0.25) is 0 Å². The first-order chi connectivity index (χ1) is 12.0. The van der Waals surface area contributed by atoms with Crippen LogP contribution < -0.4 is 11.1 Å². The summed E-state index contributed by atoms with van der Waals surface area (Å²) in [7, 11) is 1.63. The molecular weight excluding hydrogens is 338 g/mol. The molecule has 0 aliphatic rings. The van der Waals surface area contributed by atoms with Crippen molar-refractivity contribution in [3.05, 3.63) is 45.9 Å². The smallest absolute Gasteiger partial charge is 0.263 e. The predicted molar refractivity (Wildman–Crippen MR) is 99.0 cm³/mol. The first kappa shape index (κ1) is 17.4. The molecule has 0 radical (unpaired) electrons. The molecule has 0 spiro atoms. The Morgan fingerprint density at radius 2 is 2.20 bits per heavy atom. The molecule has 0 bridgehead atoms. The number of hydrogen-bond acceptors (Lipinski definition) is 6. The van der Waals surface area contributed by atoms with E-state index < -0.39 is 0 Å². The minimum absolute atomic E-state index is 0.190. The Hall–Kier alpha value is -2.38. The van der Waals surface area contributed by atoms with E-state index in [1.807, 2.05) is 32.0 Å². The number of nitrogens with two attached hydrogens (primary N) is 1. The third-order valence-corrected chi connectivity index (χ3v) is 4.97. The van der Waals surface area contributed by atoms with Gasteiger partial charge in [0.15, 0.2) is 0 Å². The van der Waals surface area contributed by atoms with E-state index in [0.717, 1.165) is 33.0 Å². The molecule has 0 atom stereocenters. The molecule has 132 valence electrons. The van der Waals surface area contributed by atoms with Crippen molar-refractivity contribution in [2.45, 2.75) is 26.9 Å². The van der Waals surface area contributed by atoms with Crippen LogP contribution in [0.3, 0.4) is 0 Å². The second kappa shape index (κ2) is 7.25. The Morgan fingerprint density at radius 3 is 2.88 bits per heavy atom. The molecule has 0 fully saturated rings. The topological polar surface area (TPSA) is 90.4 Å². The van der Waals surface area contributed by atoms with Crippen LogP contribution in [-0.2, 0) is 17.8 Å². The number of anilines is 1. The van der Waals surface area contributed by atoms with Gasteiger partial charge in [-0.05, 0) is 37.6 Å². The summed E-state index contributed by atoms with van der Waals surface area (Å²) < 4.78 is 10.7. The molecule has 7 heteroatoms. The number of nitrogens with one attached hydrogen (secondary N) is 1. The van der Waals surface area contributed by atoms with E-state index in [-0.39, 0.29) is 5.91 Å². The quantitative estimate of drug-likeness (QED) is 0.705. The molecule has 3 rings (SSSR count). The molecule has 0 saturated heterocycles. The fourth-order valence-electron chi connectivity index (χ4n) is 2.77. The summed E-state index contributed by atoms with van der Waals surface area (Å²) >= 11 is 1.31. The van der Waals surface area contributed by atoms with Crippen LogP contribution in [0.5, 0.6) is 0 Å². The maximum absolute atomic E-state index is 12.5. The number of nitrogens with zero attached hydrogens (tertiary/aromatic N) is 1. The van der Waals surface area contributed by atoms with Gasteiger partial charge in [0.1, 0.15) is 21.2 Å². The van der Waals surface area contributed by atoms with Gasteiger partial charge in [0.05, 0.1) is 12.3 Å². The summed E-state index contributed by atoms with van der Waals surface area (Å²) in [5.74, 6) is 1.52. The summed E-state index contributed by atoms with van der Waals surface area (Å²) in [4.78, 5) is 18.3. The van der Waals surface area contributed by atoms with Gasteiger partial charge in [-0.2, -0.15) is 0 Å². The maximum atomic E-state index is 12.5. The molecule has 3 aromatic rings. The van der Waals surface area contributed by atoms with Crippen LogP contribution >= 0.6 is 11.3 Å². The lowest BCUT2D eigenvalue weighted by molar-refractivity contribution is 0.0958. The Morgan fingerprint density at radius 1 is 1.40 bits per heavy atom. The average Bonchev–Trinajstić information content (AvgIpc) is 3.11. The van der Waals surface area contributed by atoms with Crippen molar-refractivity contribution in [2.75, 3.05) is 19.4 Å². The number of aryl methyl sites for hydroxylation is 2. The van der Waals surface area contributed by atoms with Gasteiger partial charge in [-0.3, -0.25) is 4.79 Å². The second-order valence-electron chi connectivity index (χ2n) is 5.90. The van der Waals surface area contributed by atoms with Crippen molar-refractivity contribution in [1.29, 1.82) is 0 Å². The molecule has 6 nitrogen and oxygen atoms in total. The summed E-state index contributed by atoms with van der Waals surface area (Å²) in [5.41, 5.74) is 8.53. The number of aromatic nitrogens is 1. The summed E-state index contributed by atoms with van der Waals surface area (Å²) in [6.07, 6.45) is 0.636. The number of thiophene rings is 1. The number of methoxy groups -OCH3 is 1. The molecule has 25 heavy (non-hydrogen) atoms. The van der Waals surface area contributed by atoms with E-state index in [2.05, 4.69) is 10.3 Å². The molecule has 0 aliphatic heterocycles. The average molecular weight is 359 g/mol. The van der Waals surface area contributed by atoms with Crippen LogP contribution in [0.4, 0.5) is 5.69 Å². The zero-order valence-electron chi connectivity index (χ0n) is 14.5. The van der Waals surface area contributed by atoms with E-state index in [1.54, 1.807) is 7.11 Å². The molecule has 0 aliphatic carbocycles. The van der Waals surface area contributed by atoms with Crippen LogP contribution in [-0.4, -0.2) is 24.5 Å². The summed E-state index contributed by atoms with van der Waals surface area (Å²) in [6, 6.07) is 5.77. The maximum Gasteiger partial charge on any atom is 0.263 e. The van der Waals surface area contributed by atoms with E-state index in [1.165, 1.54) is 11.3 Å². The van der Waals surface area contributed by atoms with E-state index in [9.17, 15) is 4.79 Å². The van der Waals surface area contributed by atoms with Crippen molar-refractivity contribution in [1.82, 2.24) is 10.3 Å². The zero-order chi connectivity index (χ0) is 18.0. The van der Waals surface area contributed by atoms with E-state index in [0.29, 0.717) is 30.1 Å². The van der Waals surface area contributed by atoms with Crippen LogP contribution in [0.15, 0.2) is 22.6 Å². The Labute approximate surface area is 150 Å². The number of rotatable bonds is 6. The van der Waals surface area contributed by atoms with Crippen LogP contribution in [0.25, 0.3) is 10.2 Å². The number of amides is 1. The van der Waals surface area contributed by atoms with Crippen LogP contribution in [0.2, 0.25) is 0 Å². The van der Waals surface area contributed by atoms with Gasteiger partial charge in [0.25, 0.3) is 5.91 Å². The zero-order valence-corrected chi connectivity index (χ0v) is 15.3. The SMILES string of the molecule is COCc1cc(C)nc2sc(C(=O)NCCc3ccc(C)o3)c(N)c12. The highest BCUT2D eigenvalue weighted by atomic mass is 32.1. The number of hydrogen-bond donors (Lipinski definition) is 2. The lowest BCUT2D eigenvalue weighted by Gasteiger charge is -2.05. The minimum Gasteiger partial charge on any atom is -0.466 e. The highest BCUT2D eigenvalue weighted by Gasteiger charge is 2.20. The molecule has 0 unspecified atom stereocenters. The number of nitrogen functional groups attached to an aromatic ring is 1. The van der Waals surface area contributed by atoms with Crippen LogP contribution in [0, 0.1) is 13.8 Å². The normalized spacial score (nSPS) is 11.2. The highest BCUT2D eigenvalue weighted by molar-refractivity contribution is 7.21. The third-order valence-electron chi connectivity index (χ3n) is 3.87. The molecule has 1 amide bonds. The first-order valence-corrected chi connectivity index (χ1v) is 8.82. The Bertz CT molecular complexity index is 914. The number of fused-ring (bicyclic) bond motifs is 1. The predicted octanol–water partition coefficient (Wildman–Crippen LogP) is 3.21.